The van der Waals surface area contributed by atoms with Gasteiger partial charge in [0.25, 0.3) is 0 Å². The fourth-order valence-corrected chi connectivity index (χ4v) is 1.78. The van der Waals surface area contributed by atoms with Crippen LogP contribution in [0.5, 0.6) is 0 Å². The average molecular weight is 354 g/mol. The molecule has 0 spiro atoms. The molecule has 0 rings (SSSR count). The molecule has 22 heavy (non-hydrogen) atoms. The van der Waals surface area contributed by atoms with Gasteiger partial charge in [-0.2, -0.15) is 13.2 Å². The summed E-state index contributed by atoms with van der Waals surface area (Å²) in [5.41, 5.74) is 0. The second-order valence-corrected chi connectivity index (χ2v) is 5.17. The maximum absolute atomic E-state index is 13.6. The van der Waals surface area contributed by atoms with E-state index >= 15 is 0 Å². The van der Waals surface area contributed by atoms with E-state index in [0.717, 1.165) is 19.3 Å². The second kappa shape index (κ2) is 11.0. The Morgan fingerprint density at radius 3 is 2.05 bits per heavy atom. The highest BCUT2D eigenvalue weighted by atomic mass is 32.2. The molecule has 0 aliphatic heterocycles. The number of ether oxygens (including phenoxy) is 1. The van der Waals surface area contributed by atoms with Crippen molar-refractivity contribution in [3.63, 3.8) is 0 Å². The number of hydrogen-bond acceptors (Lipinski definition) is 7. The topological polar surface area (TPSA) is 85.2 Å². The summed E-state index contributed by atoms with van der Waals surface area (Å²) in [6.45, 7) is -0.272. The van der Waals surface area contributed by atoms with Gasteiger partial charge in [-0.1, -0.05) is 30.7 Å². The molecule has 0 amide bonds. The Hall–Kier alpha value is -0.620. The van der Waals surface area contributed by atoms with Gasteiger partial charge in [-0.3, -0.25) is 0 Å². The lowest BCUT2D eigenvalue weighted by atomic mass is 10.1. The van der Waals surface area contributed by atoms with Gasteiger partial charge < -0.3 is 9.84 Å². The highest BCUT2D eigenvalue weighted by Crippen LogP contribution is 2.44. The SMILES string of the molecule is O=C(OCCCCCCCCO)C(F)(SOOO)C(F)(F)F. The van der Waals surface area contributed by atoms with E-state index in [4.69, 9.17) is 10.4 Å². The first-order valence-corrected chi connectivity index (χ1v) is 7.23. The fraction of sp³-hybridized carbons (Fsp3) is 0.909. The minimum absolute atomic E-state index is 0.102. The van der Waals surface area contributed by atoms with E-state index in [1.807, 2.05) is 0 Å². The highest BCUT2D eigenvalue weighted by molar-refractivity contribution is 7.96. The van der Waals surface area contributed by atoms with Crippen LogP contribution < -0.4 is 0 Å². The largest absolute Gasteiger partial charge is 0.462 e. The van der Waals surface area contributed by atoms with Gasteiger partial charge in [0.05, 0.1) is 18.6 Å². The van der Waals surface area contributed by atoms with Gasteiger partial charge in [0, 0.05) is 6.61 Å². The molecule has 0 heterocycles. The molecule has 2 N–H and O–H groups in total. The number of aliphatic hydroxyl groups excluding tert-OH is 1. The normalized spacial score (nSPS) is 14.6. The third-order valence-electron chi connectivity index (χ3n) is 2.59. The molecule has 132 valence electrons. The summed E-state index contributed by atoms with van der Waals surface area (Å²) in [5.74, 6) is -2.18. The average Bonchev–Trinajstić information content (AvgIpc) is 2.46. The zero-order valence-electron chi connectivity index (χ0n) is 11.6. The molecule has 0 aromatic rings. The quantitative estimate of drug-likeness (QED) is 0.139. The maximum Gasteiger partial charge on any atom is 0.446 e. The zero-order valence-corrected chi connectivity index (χ0v) is 12.4. The second-order valence-electron chi connectivity index (χ2n) is 4.30. The molecule has 0 aromatic carbocycles. The molecule has 0 radical (unpaired) electrons. The van der Waals surface area contributed by atoms with Crippen molar-refractivity contribution in [3.8, 4) is 0 Å². The Bertz CT molecular complexity index is 317. The third kappa shape index (κ3) is 7.58. The summed E-state index contributed by atoms with van der Waals surface area (Å²) >= 11 is -1.05. The first kappa shape index (κ1) is 21.4. The molecule has 1 unspecified atom stereocenters. The van der Waals surface area contributed by atoms with Crippen LogP contribution in [0.15, 0.2) is 0 Å². The van der Waals surface area contributed by atoms with Crippen molar-refractivity contribution >= 4 is 18.0 Å². The van der Waals surface area contributed by atoms with Gasteiger partial charge in [-0.05, 0) is 12.8 Å². The van der Waals surface area contributed by atoms with Gasteiger partial charge >= 0.3 is 17.1 Å². The molecule has 11 heteroatoms. The number of carbonyl (C=O) groups is 1. The monoisotopic (exact) mass is 354 g/mol. The first-order valence-electron chi connectivity index (χ1n) is 6.49. The molecule has 0 bridgehead atoms. The van der Waals surface area contributed by atoms with Crippen molar-refractivity contribution in [3.05, 3.63) is 0 Å². The van der Waals surface area contributed by atoms with Crippen molar-refractivity contribution in [1.82, 2.24) is 0 Å². The molecule has 0 aliphatic carbocycles. The number of alkyl halides is 4. The number of aliphatic hydroxyl groups is 1. The van der Waals surface area contributed by atoms with E-state index in [1.165, 1.54) is 0 Å². The van der Waals surface area contributed by atoms with Crippen LogP contribution in [0.2, 0.25) is 0 Å². The number of rotatable bonds is 12. The fourth-order valence-electron chi connectivity index (χ4n) is 1.44. The van der Waals surface area contributed by atoms with Crippen LogP contribution in [0, 0.1) is 0 Å². The highest BCUT2D eigenvalue weighted by Gasteiger charge is 2.66. The maximum atomic E-state index is 13.6. The number of esters is 1. The van der Waals surface area contributed by atoms with Crippen molar-refractivity contribution < 1.29 is 46.8 Å². The number of halogens is 4. The molecular formula is C11H18F4O6S. The van der Waals surface area contributed by atoms with Gasteiger partial charge in [0.15, 0.2) is 0 Å². The number of unbranched alkanes of at least 4 members (excludes halogenated alkanes) is 5. The van der Waals surface area contributed by atoms with E-state index in [1.54, 1.807) is 0 Å². The summed E-state index contributed by atoms with van der Waals surface area (Å²) in [4.78, 5) is 11.2. The Labute approximate surface area is 128 Å². The molecular weight excluding hydrogens is 336 g/mol. The van der Waals surface area contributed by atoms with Crippen molar-refractivity contribution in [2.45, 2.75) is 49.7 Å². The van der Waals surface area contributed by atoms with Crippen LogP contribution in [0.25, 0.3) is 0 Å². The third-order valence-corrected chi connectivity index (χ3v) is 3.35. The number of hydrogen-bond donors (Lipinski definition) is 2. The molecule has 1 atom stereocenters. The standard InChI is InChI=1S/C11H18F4O6S/c12-10(11(13,14)15,22-21-20-18)9(17)19-8-6-4-2-1-3-5-7-16/h16,18H,1-8H2. The van der Waals surface area contributed by atoms with Crippen LogP contribution in [-0.4, -0.2) is 40.7 Å². The summed E-state index contributed by atoms with van der Waals surface area (Å²) in [6.07, 6.45) is -1.64. The van der Waals surface area contributed by atoms with Crippen LogP contribution in [0.3, 0.4) is 0 Å². The molecule has 0 aromatic heterocycles. The van der Waals surface area contributed by atoms with Crippen LogP contribution >= 0.6 is 12.0 Å². The van der Waals surface area contributed by atoms with Gasteiger partial charge in [-0.25, -0.2) is 14.4 Å². The van der Waals surface area contributed by atoms with E-state index in [0.29, 0.717) is 12.8 Å². The Morgan fingerprint density at radius 2 is 1.55 bits per heavy atom. The first-order chi connectivity index (χ1) is 10.3. The Kier molecular flexibility index (Phi) is 10.7. The molecule has 0 fully saturated rings. The Balaban J connectivity index is 4.09. The molecule has 0 aliphatic rings. The summed E-state index contributed by atoms with van der Waals surface area (Å²) < 4.78 is 58.7. The van der Waals surface area contributed by atoms with Gasteiger partial charge in [0.2, 0.25) is 0 Å². The molecule has 0 saturated heterocycles. The minimum Gasteiger partial charge on any atom is -0.462 e. The molecule has 6 nitrogen and oxygen atoms in total. The van der Waals surface area contributed by atoms with Crippen molar-refractivity contribution in [2.24, 2.45) is 0 Å². The van der Waals surface area contributed by atoms with Crippen LogP contribution in [0.4, 0.5) is 17.6 Å². The summed E-state index contributed by atoms with van der Waals surface area (Å²) in [5, 5.41) is 14.7. The minimum atomic E-state index is -5.60. The van der Waals surface area contributed by atoms with Crippen molar-refractivity contribution in [1.29, 1.82) is 0 Å². The lowest BCUT2D eigenvalue weighted by molar-refractivity contribution is -0.433. The predicted molar refractivity (Wildman–Crippen MR) is 68.0 cm³/mol. The smallest absolute Gasteiger partial charge is 0.446 e. The van der Waals surface area contributed by atoms with E-state index in [9.17, 15) is 22.4 Å². The summed E-state index contributed by atoms with van der Waals surface area (Å²) in [7, 11) is 0. The van der Waals surface area contributed by atoms with Crippen molar-refractivity contribution in [2.75, 3.05) is 13.2 Å². The van der Waals surface area contributed by atoms with Crippen LogP contribution in [0.1, 0.15) is 38.5 Å². The van der Waals surface area contributed by atoms with Crippen LogP contribution in [-0.2, 0) is 18.9 Å². The summed E-state index contributed by atoms with van der Waals surface area (Å²) in [6, 6.07) is 0. The predicted octanol–water partition coefficient (Wildman–Crippen LogP) is 3.16. The van der Waals surface area contributed by atoms with Gasteiger partial charge in [0.1, 0.15) is 0 Å². The lowest BCUT2D eigenvalue weighted by Crippen LogP contribution is -2.46. The number of carbonyl (C=O) groups excluding carboxylic acids is 1. The Morgan fingerprint density at radius 1 is 1.00 bits per heavy atom. The zero-order chi connectivity index (χ0) is 17.1. The van der Waals surface area contributed by atoms with Gasteiger partial charge in [-0.15, -0.1) is 4.33 Å². The van der Waals surface area contributed by atoms with E-state index < -0.39 is 29.2 Å². The van der Waals surface area contributed by atoms with E-state index in [-0.39, 0.29) is 19.6 Å². The van der Waals surface area contributed by atoms with E-state index in [2.05, 4.69) is 14.1 Å². The lowest BCUT2D eigenvalue weighted by Gasteiger charge is -2.22. The molecule has 0 saturated carbocycles.